The van der Waals surface area contributed by atoms with Gasteiger partial charge in [0.2, 0.25) is 0 Å². The molecule has 0 spiro atoms. The van der Waals surface area contributed by atoms with E-state index in [1.807, 2.05) is 12.2 Å². The summed E-state index contributed by atoms with van der Waals surface area (Å²) in [7, 11) is 5.98. The molecule has 7 heteroatoms. The summed E-state index contributed by atoms with van der Waals surface area (Å²) in [5.74, 6) is -0.351. The number of carboxylic acids is 1. The van der Waals surface area contributed by atoms with Gasteiger partial charge < -0.3 is 15.3 Å². The molecule has 1 fully saturated rings. The third-order valence-electron chi connectivity index (χ3n) is 6.48. The molecular weight excluding hydrogens is 487 g/mol. The molecule has 0 aromatic carbocycles. The Labute approximate surface area is 206 Å². The van der Waals surface area contributed by atoms with Gasteiger partial charge in [-0.3, -0.25) is 4.79 Å². The second kappa shape index (κ2) is 13.7. The van der Waals surface area contributed by atoms with E-state index in [0.29, 0.717) is 25.6 Å². The highest BCUT2D eigenvalue weighted by Gasteiger charge is 2.39. The highest BCUT2D eigenvalue weighted by molar-refractivity contribution is 9.10. The molecule has 0 aliphatic heterocycles. The maximum Gasteiger partial charge on any atom is 0.303 e. The maximum absolute atomic E-state index is 10.6. The standard InChI is InChI=1S/C25H36BBrO4S/c1-3-19-23(32-16(2)25(19)27)13-11-18(28)10-12-20-17(15-26)14-22(29)21(20)8-6-4-5-7-9-24(30)31/h4,6,10,12,17-18,20-22,28-29H,3,5,7-9,11,13-15H2,1-2H3,(H,30,31)/b6-4-,12-10+/t17-,18+,20-,21+,22?/m0/s1. The number of hydrogen-bond acceptors (Lipinski definition) is 4. The SMILES string of the molecule is [B]C[C@@H]1CC(O)[C@H](C/C=C\CCCC(=O)O)[C@H]1/C=C/[C@@H](O)CCc1sc(C)c(Br)c1CC. The predicted molar refractivity (Wildman–Crippen MR) is 137 cm³/mol. The van der Waals surface area contributed by atoms with E-state index < -0.39 is 18.2 Å². The first-order valence-corrected chi connectivity index (χ1v) is 13.3. The quantitative estimate of drug-likeness (QED) is 0.178. The van der Waals surface area contributed by atoms with Crippen molar-refractivity contribution in [3.05, 3.63) is 44.1 Å². The van der Waals surface area contributed by atoms with Gasteiger partial charge in [-0.05, 0) is 91.1 Å². The number of rotatable bonds is 13. The predicted octanol–water partition coefficient (Wildman–Crippen LogP) is 5.63. The molecule has 4 nitrogen and oxygen atoms in total. The largest absolute Gasteiger partial charge is 0.481 e. The van der Waals surface area contributed by atoms with Crippen molar-refractivity contribution in [1.82, 2.24) is 0 Å². The van der Waals surface area contributed by atoms with Crippen molar-refractivity contribution >= 4 is 41.1 Å². The molecule has 2 rings (SSSR count). The van der Waals surface area contributed by atoms with Crippen LogP contribution in [0.3, 0.4) is 0 Å². The van der Waals surface area contributed by atoms with Crippen molar-refractivity contribution in [2.24, 2.45) is 17.8 Å². The van der Waals surface area contributed by atoms with Crippen LogP contribution in [-0.2, 0) is 17.6 Å². The zero-order chi connectivity index (χ0) is 23.7. The van der Waals surface area contributed by atoms with Gasteiger partial charge in [-0.2, -0.15) is 0 Å². The van der Waals surface area contributed by atoms with Crippen molar-refractivity contribution in [3.63, 3.8) is 0 Å². The Morgan fingerprint density at radius 2 is 2.12 bits per heavy atom. The Bertz CT molecular complexity index is 791. The van der Waals surface area contributed by atoms with E-state index in [1.54, 1.807) is 11.3 Å². The summed E-state index contributed by atoms with van der Waals surface area (Å²) in [5, 5.41) is 29.9. The summed E-state index contributed by atoms with van der Waals surface area (Å²) in [6.45, 7) is 4.28. The van der Waals surface area contributed by atoms with E-state index >= 15 is 0 Å². The van der Waals surface area contributed by atoms with Crippen LogP contribution in [0, 0.1) is 24.7 Å². The van der Waals surface area contributed by atoms with Crippen molar-refractivity contribution in [2.45, 2.75) is 83.7 Å². The lowest BCUT2D eigenvalue weighted by Crippen LogP contribution is -2.19. The molecule has 3 N–H and O–H groups in total. The van der Waals surface area contributed by atoms with Gasteiger partial charge in [0.05, 0.1) is 20.1 Å². The van der Waals surface area contributed by atoms with Gasteiger partial charge in [-0.25, -0.2) is 0 Å². The summed E-state index contributed by atoms with van der Waals surface area (Å²) in [6.07, 6.45) is 13.1. The molecule has 5 atom stereocenters. The summed E-state index contributed by atoms with van der Waals surface area (Å²) in [4.78, 5) is 13.2. The Morgan fingerprint density at radius 1 is 1.38 bits per heavy atom. The van der Waals surface area contributed by atoms with Crippen molar-refractivity contribution in [2.75, 3.05) is 0 Å². The van der Waals surface area contributed by atoms with E-state index in [4.69, 9.17) is 13.0 Å². The third kappa shape index (κ3) is 7.86. The van der Waals surface area contributed by atoms with Crippen LogP contribution in [0.15, 0.2) is 28.8 Å². The number of hydrogen-bond donors (Lipinski definition) is 3. The summed E-state index contributed by atoms with van der Waals surface area (Å²) in [5.41, 5.74) is 1.35. The van der Waals surface area contributed by atoms with E-state index in [0.717, 1.165) is 25.7 Å². The number of aliphatic carboxylic acids is 1. The van der Waals surface area contributed by atoms with E-state index in [2.05, 4.69) is 41.9 Å². The highest BCUT2D eigenvalue weighted by Crippen LogP contribution is 2.42. The van der Waals surface area contributed by atoms with Crippen LogP contribution in [0.5, 0.6) is 0 Å². The molecule has 2 radical (unpaired) electrons. The number of halogens is 1. The fourth-order valence-electron chi connectivity index (χ4n) is 4.67. The fraction of sp³-hybridized carbons (Fsp3) is 0.640. The molecule has 32 heavy (non-hydrogen) atoms. The number of aryl methyl sites for hydroxylation is 2. The molecule has 1 aliphatic carbocycles. The minimum absolute atomic E-state index is 0.0744. The van der Waals surface area contributed by atoms with Gasteiger partial charge in [-0.1, -0.05) is 37.5 Å². The average molecular weight is 523 g/mol. The van der Waals surface area contributed by atoms with Crippen LogP contribution in [-0.4, -0.2) is 41.3 Å². The second-order valence-corrected chi connectivity index (χ2v) is 10.9. The molecule has 1 unspecified atom stereocenters. The first-order valence-electron chi connectivity index (χ1n) is 11.7. The number of aliphatic hydroxyl groups excluding tert-OH is 2. The molecule has 0 bridgehead atoms. The molecule has 0 amide bonds. The lowest BCUT2D eigenvalue weighted by Gasteiger charge is -2.21. The molecule has 0 saturated heterocycles. The molecule has 1 aliphatic rings. The van der Waals surface area contributed by atoms with Crippen LogP contribution in [0.1, 0.15) is 60.8 Å². The third-order valence-corrected chi connectivity index (χ3v) is 9.02. The van der Waals surface area contributed by atoms with Gasteiger partial charge in [0.15, 0.2) is 0 Å². The molecule has 176 valence electrons. The molecular formula is C25H36BBrO4S. The van der Waals surface area contributed by atoms with Gasteiger partial charge in [0.1, 0.15) is 0 Å². The highest BCUT2D eigenvalue weighted by atomic mass is 79.9. The van der Waals surface area contributed by atoms with Crippen LogP contribution in [0.4, 0.5) is 0 Å². The first kappa shape index (κ1) is 27.4. The Balaban J connectivity index is 1.93. The van der Waals surface area contributed by atoms with Crippen LogP contribution >= 0.6 is 27.3 Å². The number of carboxylic acid groups (broad SMARTS) is 1. The van der Waals surface area contributed by atoms with E-state index in [-0.39, 0.29) is 24.2 Å². The first-order chi connectivity index (χ1) is 15.3. The minimum atomic E-state index is -0.771. The minimum Gasteiger partial charge on any atom is -0.481 e. The van der Waals surface area contributed by atoms with E-state index in [9.17, 15) is 15.0 Å². The average Bonchev–Trinajstić information content (AvgIpc) is 3.21. The van der Waals surface area contributed by atoms with Gasteiger partial charge in [0.25, 0.3) is 0 Å². The molecule has 1 heterocycles. The van der Waals surface area contributed by atoms with Crippen molar-refractivity contribution in [1.29, 1.82) is 0 Å². The maximum atomic E-state index is 10.6. The lowest BCUT2D eigenvalue weighted by atomic mass is 9.80. The molecule has 1 aromatic heterocycles. The Morgan fingerprint density at radius 3 is 2.78 bits per heavy atom. The number of carbonyl (C=O) groups is 1. The van der Waals surface area contributed by atoms with Crippen molar-refractivity contribution < 1.29 is 20.1 Å². The molecule has 1 saturated carbocycles. The summed E-state index contributed by atoms with van der Waals surface area (Å²) >= 11 is 5.48. The zero-order valence-corrected chi connectivity index (χ0v) is 21.6. The Hall–Kier alpha value is -0.885. The van der Waals surface area contributed by atoms with Crippen LogP contribution in [0.25, 0.3) is 0 Å². The lowest BCUT2D eigenvalue weighted by molar-refractivity contribution is -0.137. The van der Waals surface area contributed by atoms with E-state index in [1.165, 1.54) is 19.8 Å². The van der Waals surface area contributed by atoms with Gasteiger partial charge >= 0.3 is 5.97 Å². The van der Waals surface area contributed by atoms with Gasteiger partial charge in [0, 0.05) is 20.6 Å². The van der Waals surface area contributed by atoms with Crippen molar-refractivity contribution in [3.8, 4) is 0 Å². The summed E-state index contributed by atoms with van der Waals surface area (Å²) < 4.78 is 1.20. The number of aliphatic hydroxyl groups is 2. The monoisotopic (exact) mass is 522 g/mol. The number of unbranched alkanes of at least 4 members (excludes halogenated alkanes) is 1. The topological polar surface area (TPSA) is 77.8 Å². The second-order valence-electron chi connectivity index (χ2n) is 8.75. The summed E-state index contributed by atoms with van der Waals surface area (Å²) in [6, 6.07) is 0. The van der Waals surface area contributed by atoms with Gasteiger partial charge in [-0.15, -0.1) is 11.3 Å². The molecule has 1 aromatic rings. The Kier molecular flexibility index (Phi) is 11.7. The van der Waals surface area contributed by atoms with Crippen LogP contribution in [0.2, 0.25) is 6.32 Å². The zero-order valence-electron chi connectivity index (χ0n) is 19.2. The smallest absolute Gasteiger partial charge is 0.303 e. The normalized spacial score (nSPS) is 24.7. The fourth-order valence-corrected chi connectivity index (χ4v) is 6.74. The van der Waals surface area contributed by atoms with Crippen LogP contribution < -0.4 is 0 Å². The number of thiophene rings is 1. The number of allylic oxidation sites excluding steroid dienone is 3.